The molecule has 2 aromatic heterocycles. The lowest BCUT2D eigenvalue weighted by atomic mass is 9.89. The monoisotopic (exact) mass is 1230 g/mol. The van der Waals surface area contributed by atoms with Crippen LogP contribution in [0, 0.1) is 0 Å². The molecule has 2 saturated carbocycles. The molecule has 3 heterocycles. The fraction of sp³-hybridized carbons (Fsp3) is 0.606. The lowest BCUT2D eigenvalue weighted by Crippen LogP contribution is -2.51. The average Bonchev–Trinajstić information content (AvgIpc) is 3.28. The lowest BCUT2D eigenvalue weighted by Gasteiger charge is -2.41. The first-order valence-corrected chi connectivity index (χ1v) is 32.6. The highest BCUT2D eigenvalue weighted by Gasteiger charge is 2.34. The number of anilines is 3. The van der Waals surface area contributed by atoms with Crippen molar-refractivity contribution in [2.45, 2.75) is 174 Å². The van der Waals surface area contributed by atoms with E-state index in [1.807, 2.05) is 66.8 Å². The number of likely N-dealkylation sites (N-methyl/N-ethyl adjacent to an activating group) is 1. The molecule has 8 rings (SSSR count). The summed E-state index contributed by atoms with van der Waals surface area (Å²) in [7, 11) is 2.03. The molecule has 4 amide bonds. The average molecular weight is 1230 g/mol. The highest BCUT2D eigenvalue weighted by molar-refractivity contribution is 7.21. The quantitative estimate of drug-likeness (QED) is 0.0548. The SMILES string of the molecule is CN(CCOc1nc(N[C@@H](Cc2ccc(O)cc2)C(=O)NCCCN2CCN(C(=O)OC(C)(C)C)CCN(C(=O)OC(C)(C)C)CCN(C(=O)OC(C)(C)C)CC2)nc(N(C2CCCCC2)C2CCCCC2)n1)c1ccc(-c2nc3ccccc3s2)cc1. The number of rotatable bonds is 18. The third-order valence-electron chi connectivity index (χ3n) is 15.8. The fourth-order valence-electron chi connectivity index (χ4n) is 11.3. The largest absolute Gasteiger partial charge is 0.508 e. The van der Waals surface area contributed by atoms with Crippen LogP contribution >= 0.6 is 11.3 Å². The van der Waals surface area contributed by atoms with E-state index in [0.29, 0.717) is 45.1 Å². The van der Waals surface area contributed by atoms with Gasteiger partial charge in [-0.1, -0.05) is 62.8 Å². The molecular weight excluding hydrogens is 1140 g/mol. The van der Waals surface area contributed by atoms with Gasteiger partial charge in [-0.05, 0) is 155 Å². The van der Waals surface area contributed by atoms with Crippen LogP contribution in [0.2, 0.25) is 0 Å². The molecule has 1 atom stereocenters. The molecule has 0 unspecified atom stereocenters. The highest BCUT2D eigenvalue weighted by atomic mass is 32.1. The predicted molar refractivity (Wildman–Crippen MR) is 347 cm³/mol. The maximum Gasteiger partial charge on any atom is 0.410 e. The summed E-state index contributed by atoms with van der Waals surface area (Å²) in [4.78, 5) is 87.4. The number of nitrogens with zero attached hydrogens (tertiary/aromatic N) is 10. The Labute approximate surface area is 524 Å². The van der Waals surface area contributed by atoms with Crippen LogP contribution in [0.5, 0.6) is 11.8 Å². The second-order valence-electron chi connectivity index (χ2n) is 26.5. The Bertz CT molecular complexity index is 2950. The summed E-state index contributed by atoms with van der Waals surface area (Å²) in [5, 5.41) is 17.9. The van der Waals surface area contributed by atoms with E-state index >= 15 is 0 Å². The van der Waals surface area contributed by atoms with Crippen molar-refractivity contribution in [1.82, 2.24) is 44.9 Å². The Morgan fingerprint density at radius 1 is 0.648 bits per heavy atom. The lowest BCUT2D eigenvalue weighted by molar-refractivity contribution is -0.121. The Hall–Kier alpha value is -7.20. The molecule has 3 aliphatic rings. The van der Waals surface area contributed by atoms with Gasteiger partial charge in [-0.2, -0.15) is 15.0 Å². The minimum Gasteiger partial charge on any atom is -0.508 e. The number of hydrogen-bond acceptors (Lipinski definition) is 18. The van der Waals surface area contributed by atoms with E-state index in [-0.39, 0.29) is 88.0 Å². The van der Waals surface area contributed by atoms with Gasteiger partial charge in [0, 0.05) is 95.7 Å². The maximum absolute atomic E-state index is 14.8. The van der Waals surface area contributed by atoms with Gasteiger partial charge >= 0.3 is 24.3 Å². The van der Waals surface area contributed by atoms with Crippen molar-refractivity contribution >= 4 is 63.3 Å². The number of thiazole rings is 1. The number of phenols is 1. The Balaban J connectivity index is 0.998. The normalized spacial score (nSPS) is 16.9. The van der Waals surface area contributed by atoms with Crippen LogP contribution < -0.4 is 25.2 Å². The first-order valence-electron chi connectivity index (χ1n) is 31.7. The molecule has 88 heavy (non-hydrogen) atoms. The molecule has 0 radical (unpaired) electrons. The van der Waals surface area contributed by atoms with Gasteiger partial charge < -0.3 is 59.2 Å². The Morgan fingerprint density at radius 3 is 1.69 bits per heavy atom. The molecule has 2 aliphatic carbocycles. The molecule has 21 nitrogen and oxygen atoms in total. The molecular formula is C66H96N12O9S. The number of hydrogen-bond donors (Lipinski definition) is 3. The number of amides is 4. The number of para-hydroxylation sites is 1. The van der Waals surface area contributed by atoms with Gasteiger partial charge in [-0.25, -0.2) is 19.4 Å². The van der Waals surface area contributed by atoms with Crippen molar-refractivity contribution in [2.24, 2.45) is 0 Å². The topological polar surface area (TPSA) is 220 Å². The van der Waals surface area contributed by atoms with E-state index in [0.717, 1.165) is 83.4 Å². The third kappa shape index (κ3) is 20.7. The Morgan fingerprint density at radius 2 is 1.17 bits per heavy atom. The molecule has 1 saturated heterocycles. The van der Waals surface area contributed by atoms with Gasteiger partial charge in [0.1, 0.15) is 40.2 Å². The van der Waals surface area contributed by atoms with Crippen molar-refractivity contribution in [3.63, 3.8) is 0 Å². The minimum atomic E-state index is -0.853. The first kappa shape index (κ1) is 66.7. The second kappa shape index (κ2) is 30.8. The zero-order chi connectivity index (χ0) is 63.0. The summed E-state index contributed by atoms with van der Waals surface area (Å²) < 4.78 is 25.2. The minimum absolute atomic E-state index is 0.118. The van der Waals surface area contributed by atoms with Crippen molar-refractivity contribution in [3.05, 3.63) is 78.4 Å². The van der Waals surface area contributed by atoms with Crippen LogP contribution in [0.3, 0.4) is 0 Å². The van der Waals surface area contributed by atoms with E-state index in [1.165, 1.54) is 17.7 Å². The fourth-order valence-corrected chi connectivity index (χ4v) is 12.2. The van der Waals surface area contributed by atoms with Crippen LogP contribution in [0.4, 0.5) is 32.0 Å². The first-order chi connectivity index (χ1) is 41.9. The zero-order valence-electron chi connectivity index (χ0n) is 53.7. The summed E-state index contributed by atoms with van der Waals surface area (Å²) >= 11 is 1.68. The molecule has 3 fully saturated rings. The summed E-state index contributed by atoms with van der Waals surface area (Å²) in [6, 6.07) is 23.3. The Kier molecular flexibility index (Phi) is 23.4. The van der Waals surface area contributed by atoms with Crippen LogP contribution in [-0.2, 0) is 25.4 Å². The summed E-state index contributed by atoms with van der Waals surface area (Å²) in [6.07, 6.45) is 10.4. The number of carbonyl (C=O) groups excluding carboxylic acids is 4. The molecule has 5 aromatic rings. The highest BCUT2D eigenvalue weighted by Crippen LogP contribution is 2.35. The van der Waals surface area contributed by atoms with Crippen LogP contribution in [0.25, 0.3) is 20.8 Å². The summed E-state index contributed by atoms with van der Waals surface area (Å²) in [5.74, 6) is 0.620. The van der Waals surface area contributed by atoms with Gasteiger partial charge in [-0.15, -0.1) is 11.3 Å². The summed E-state index contributed by atoms with van der Waals surface area (Å²) in [6.45, 7) is 19.9. The number of nitrogens with one attached hydrogen (secondary N) is 2. The van der Waals surface area contributed by atoms with Crippen LogP contribution in [0.1, 0.15) is 139 Å². The van der Waals surface area contributed by atoms with Gasteiger partial charge in [0.25, 0.3) is 0 Å². The van der Waals surface area contributed by atoms with E-state index in [9.17, 15) is 24.3 Å². The molecule has 0 spiro atoms. The van der Waals surface area contributed by atoms with Crippen LogP contribution in [-0.4, -0.2) is 189 Å². The van der Waals surface area contributed by atoms with E-state index in [2.05, 4.69) is 55.7 Å². The van der Waals surface area contributed by atoms with Crippen molar-refractivity contribution in [2.75, 3.05) is 101 Å². The third-order valence-corrected chi connectivity index (χ3v) is 16.9. The smallest absolute Gasteiger partial charge is 0.410 e. The zero-order valence-corrected chi connectivity index (χ0v) is 54.5. The number of aromatic hydroxyl groups is 1. The number of ether oxygens (including phenoxy) is 4. The number of carbonyl (C=O) groups is 4. The number of phenolic OH excluding ortho intramolecular Hbond substituents is 1. The molecule has 3 N–H and O–H groups in total. The number of aromatic nitrogens is 4. The molecule has 0 bridgehead atoms. The standard InChI is InChI=1S/C66H96N12O9S/c1-64(2,3)85-61(81)75-38-36-74(37-39-76(62(82)86-65(4,5)6)41-43-77(42-40-75)63(83)87-66(7,8)9)35-19-34-67-56(80)54(46-47-26-32-52(79)33-27-47)69-58-70-59(78(50-20-13-11-14-21-50)51-22-15-12-16-23-51)72-60(71-58)84-45-44-73(10)49-30-28-48(29-31-49)57-68-53-24-17-18-25-55(53)88-57/h17-18,24-33,50-51,54,79H,11-16,19-23,34-46H2,1-10H3,(H,67,80)(H,69,70,71,72)/t54-/m0/s1. The predicted octanol–water partition coefficient (Wildman–Crippen LogP) is 11.4. The van der Waals surface area contributed by atoms with Gasteiger partial charge in [0.05, 0.1) is 16.8 Å². The van der Waals surface area contributed by atoms with E-state index < -0.39 is 41.1 Å². The number of benzene rings is 3. The van der Waals surface area contributed by atoms with E-state index in [1.54, 1.807) is 66.2 Å². The maximum atomic E-state index is 14.8. The second-order valence-corrected chi connectivity index (χ2v) is 27.5. The van der Waals surface area contributed by atoms with Crippen molar-refractivity contribution < 1.29 is 43.2 Å². The number of fused-ring (bicyclic) bond motifs is 1. The molecule has 1 aliphatic heterocycles. The van der Waals surface area contributed by atoms with Gasteiger partial charge in [0.15, 0.2) is 0 Å². The molecule has 3 aromatic carbocycles. The van der Waals surface area contributed by atoms with Gasteiger partial charge in [-0.3, -0.25) is 9.69 Å². The molecule has 22 heteroatoms. The van der Waals surface area contributed by atoms with Crippen molar-refractivity contribution in [3.8, 4) is 22.3 Å². The van der Waals surface area contributed by atoms with E-state index in [4.69, 9.17) is 38.9 Å². The molecule has 480 valence electrons. The van der Waals surface area contributed by atoms with Crippen LogP contribution in [0.15, 0.2) is 72.8 Å². The van der Waals surface area contributed by atoms with Crippen molar-refractivity contribution in [1.29, 1.82) is 0 Å². The van der Waals surface area contributed by atoms with Gasteiger partial charge in [0.2, 0.25) is 17.8 Å². The summed E-state index contributed by atoms with van der Waals surface area (Å²) in [5.41, 5.74) is 1.61.